The molecule has 7 nitrogen and oxygen atoms in total. The molecule has 0 aliphatic carbocycles. The Morgan fingerprint density at radius 1 is 0.595 bits per heavy atom. The van der Waals surface area contributed by atoms with Crippen molar-refractivity contribution in [3.63, 3.8) is 0 Å². The Morgan fingerprint density at radius 2 is 1.24 bits per heavy atom. The monoisotopic (exact) mass is 721 g/mol. The number of benzene rings is 3. The van der Waals surface area contributed by atoms with Crippen LogP contribution in [0.25, 0.3) is 66.2 Å². The smallest absolute Gasteiger partial charge is 0.497 e. The van der Waals surface area contributed by atoms with Crippen molar-refractivity contribution in [3.05, 3.63) is 122 Å². The Kier molecular flexibility index (Phi) is 5.56. The number of hydrogen-bond acceptors (Lipinski definition) is 5. The third-order valence-corrected chi connectivity index (χ3v) is 7.52. The van der Waals surface area contributed by atoms with Crippen LogP contribution in [0.5, 0.6) is 11.5 Å². The summed E-state index contributed by atoms with van der Waals surface area (Å²) in [7, 11) is 0. The fourth-order valence-electron chi connectivity index (χ4n) is 5.70. The molecule has 0 saturated heterocycles. The van der Waals surface area contributed by atoms with E-state index in [0.29, 0.717) is 11.5 Å². The van der Waals surface area contributed by atoms with Crippen LogP contribution in [-0.4, -0.2) is 28.7 Å². The molecular formula is C34H18N6OPt. The molecule has 0 bridgehead atoms. The number of hydrogen-bond donors (Lipinski definition) is 0. The molecule has 6 heterocycles. The molecule has 6 aromatic heterocycles. The number of pyridine rings is 4. The first-order chi connectivity index (χ1) is 20.3. The van der Waals surface area contributed by atoms with Crippen LogP contribution in [0.1, 0.15) is 0 Å². The maximum atomic E-state index is 6.36. The summed E-state index contributed by atoms with van der Waals surface area (Å²) in [6.07, 6.45) is 9.40. The van der Waals surface area contributed by atoms with Crippen molar-refractivity contribution in [2.75, 3.05) is 0 Å². The van der Waals surface area contributed by atoms with Crippen LogP contribution in [0.4, 0.5) is 0 Å². The van der Waals surface area contributed by atoms with Gasteiger partial charge in [-0.3, -0.25) is 19.9 Å². The van der Waals surface area contributed by atoms with Crippen molar-refractivity contribution in [1.82, 2.24) is 28.7 Å². The average molecular weight is 722 g/mol. The molecule has 0 saturated carbocycles. The summed E-state index contributed by atoms with van der Waals surface area (Å²) in [6.45, 7) is 0. The molecule has 0 atom stereocenters. The summed E-state index contributed by atoms with van der Waals surface area (Å²) in [5.74, 6) is 1.13. The van der Waals surface area contributed by atoms with Crippen molar-refractivity contribution < 1.29 is 25.8 Å². The zero-order chi connectivity index (χ0) is 26.9. The van der Waals surface area contributed by atoms with Gasteiger partial charge in [-0.1, -0.05) is 76.1 Å². The summed E-state index contributed by atoms with van der Waals surface area (Å²) in [5, 5.41) is 3.62. The van der Waals surface area contributed by atoms with Crippen LogP contribution in [0.3, 0.4) is 0 Å². The number of fused-ring (bicyclic) bond motifs is 12. The minimum Gasteiger partial charge on any atom is -0.497 e. The van der Waals surface area contributed by atoms with E-state index in [9.17, 15) is 0 Å². The largest absolute Gasteiger partial charge is 2.00 e. The third kappa shape index (κ3) is 3.64. The van der Waals surface area contributed by atoms with Crippen molar-refractivity contribution in [2.45, 2.75) is 0 Å². The van der Waals surface area contributed by atoms with Crippen LogP contribution in [-0.2, 0) is 21.1 Å². The summed E-state index contributed by atoms with van der Waals surface area (Å²) < 4.78 is 10.5. The van der Waals surface area contributed by atoms with Crippen LogP contribution in [0.2, 0.25) is 0 Å². The van der Waals surface area contributed by atoms with E-state index in [-0.39, 0.29) is 21.1 Å². The zero-order valence-corrected chi connectivity index (χ0v) is 24.1. The molecule has 9 aromatic rings. The second-order valence-electron chi connectivity index (χ2n) is 9.87. The number of nitrogens with zero attached hydrogens (tertiary/aromatic N) is 6. The minimum absolute atomic E-state index is 0. The van der Waals surface area contributed by atoms with Gasteiger partial charge in [0.15, 0.2) is 0 Å². The predicted molar refractivity (Wildman–Crippen MR) is 159 cm³/mol. The van der Waals surface area contributed by atoms with Crippen LogP contribution in [0.15, 0.2) is 110 Å². The second-order valence-corrected chi connectivity index (χ2v) is 9.87. The van der Waals surface area contributed by atoms with Crippen LogP contribution < -0.4 is 4.74 Å². The van der Waals surface area contributed by atoms with Gasteiger partial charge in [0, 0.05) is 48.0 Å². The second kappa shape index (κ2) is 9.47. The van der Waals surface area contributed by atoms with E-state index in [4.69, 9.17) is 14.7 Å². The molecule has 0 unspecified atom stereocenters. The zero-order valence-electron chi connectivity index (χ0n) is 21.8. The number of imidazole rings is 2. The molecule has 0 aliphatic heterocycles. The SMILES string of the molecule is [Pt+2].[c-]1c(Oc2[c-]c3c(cc2)c2ncccc2n2cc(-c4ccccc4)nc32)ccc2c1c1nccn1c1cccnc21. The van der Waals surface area contributed by atoms with Gasteiger partial charge in [-0.15, -0.1) is 12.1 Å². The molecule has 0 spiro atoms. The Hall–Kier alpha value is -5.13. The Morgan fingerprint density at radius 3 is 1.93 bits per heavy atom. The van der Waals surface area contributed by atoms with Crippen LogP contribution >= 0.6 is 0 Å². The van der Waals surface area contributed by atoms with E-state index < -0.39 is 0 Å². The standard InChI is InChI=1S/C34H18N6O.Pt/c1-2-6-21(7-3-1)28-20-40-30-9-5-15-36-32(30)25-13-11-23(19-27(25)34(40)38-28)41-22-10-12-24-26(18-22)33-37-16-17-39(33)29-8-4-14-35-31(24)29;/h1-17,20H;/q-2;+2. The average Bonchev–Trinajstić information content (AvgIpc) is 3.71. The van der Waals surface area contributed by atoms with Gasteiger partial charge in [0.2, 0.25) is 0 Å². The fourth-order valence-corrected chi connectivity index (χ4v) is 5.70. The van der Waals surface area contributed by atoms with E-state index in [0.717, 1.165) is 66.2 Å². The maximum absolute atomic E-state index is 6.36. The molecule has 0 fully saturated rings. The van der Waals surface area contributed by atoms with Gasteiger partial charge >= 0.3 is 21.1 Å². The number of ether oxygens (including phenoxy) is 1. The minimum atomic E-state index is 0. The summed E-state index contributed by atoms with van der Waals surface area (Å²) in [5.41, 5.74) is 7.29. The van der Waals surface area contributed by atoms with E-state index >= 15 is 0 Å². The Bertz CT molecular complexity index is 2470. The normalized spacial score (nSPS) is 11.6. The summed E-state index contributed by atoms with van der Waals surface area (Å²) in [4.78, 5) is 19.0. The number of rotatable bonds is 3. The number of aromatic nitrogens is 6. The van der Waals surface area contributed by atoms with Gasteiger partial charge in [0.05, 0.1) is 39.1 Å². The summed E-state index contributed by atoms with van der Waals surface area (Å²) in [6, 6.07) is 33.0. The Labute approximate surface area is 253 Å². The first kappa shape index (κ1) is 24.6. The predicted octanol–water partition coefficient (Wildman–Crippen LogP) is 7.44. The quantitative estimate of drug-likeness (QED) is 0.140. The maximum Gasteiger partial charge on any atom is 2.00 e. The molecule has 8 heteroatoms. The van der Waals surface area contributed by atoms with Crippen molar-refractivity contribution in [2.24, 2.45) is 0 Å². The van der Waals surface area contributed by atoms with Gasteiger partial charge in [0.25, 0.3) is 0 Å². The molecular weight excluding hydrogens is 703 g/mol. The first-order valence-electron chi connectivity index (χ1n) is 13.2. The molecule has 200 valence electrons. The fraction of sp³-hybridized carbons (Fsp3) is 0. The topological polar surface area (TPSA) is 69.6 Å². The molecule has 0 amide bonds. The van der Waals surface area contributed by atoms with Gasteiger partial charge < -0.3 is 13.5 Å². The molecule has 0 N–H and O–H groups in total. The first-order valence-corrected chi connectivity index (χ1v) is 13.2. The molecule has 9 rings (SSSR count). The third-order valence-electron chi connectivity index (χ3n) is 7.52. The van der Waals surface area contributed by atoms with Gasteiger partial charge in [-0.2, -0.15) is 0 Å². The molecule has 0 radical (unpaired) electrons. The van der Waals surface area contributed by atoms with Crippen LogP contribution in [0, 0.1) is 12.1 Å². The molecule has 42 heavy (non-hydrogen) atoms. The molecule has 3 aromatic carbocycles. The van der Waals surface area contributed by atoms with Gasteiger partial charge in [-0.05, 0) is 24.3 Å². The van der Waals surface area contributed by atoms with Crippen molar-refractivity contribution >= 4 is 54.9 Å². The van der Waals surface area contributed by atoms with E-state index in [1.54, 1.807) is 12.4 Å². The van der Waals surface area contributed by atoms with Crippen molar-refractivity contribution in [3.8, 4) is 22.8 Å². The van der Waals surface area contributed by atoms with Gasteiger partial charge in [0.1, 0.15) is 0 Å². The Balaban J connectivity index is 0.00000267. The molecule has 0 aliphatic rings. The van der Waals surface area contributed by atoms with E-state index in [1.165, 1.54) is 0 Å². The van der Waals surface area contributed by atoms with E-state index in [2.05, 4.69) is 50.9 Å². The summed E-state index contributed by atoms with van der Waals surface area (Å²) >= 11 is 0. The van der Waals surface area contributed by atoms with Gasteiger partial charge in [-0.25, -0.2) is 0 Å². The van der Waals surface area contributed by atoms with E-state index in [1.807, 2.05) is 77.5 Å². The van der Waals surface area contributed by atoms with Crippen molar-refractivity contribution in [1.29, 1.82) is 0 Å².